The summed E-state index contributed by atoms with van der Waals surface area (Å²) in [6.07, 6.45) is 0. The summed E-state index contributed by atoms with van der Waals surface area (Å²) in [5.41, 5.74) is 5.99. The van der Waals surface area contributed by atoms with Gasteiger partial charge in [-0.2, -0.15) is 5.26 Å². The third-order valence-electron chi connectivity index (χ3n) is 2.49. The first-order valence-corrected chi connectivity index (χ1v) is 5.45. The van der Waals surface area contributed by atoms with Crippen LogP contribution in [-0.4, -0.2) is 7.11 Å². The van der Waals surface area contributed by atoms with Crippen LogP contribution in [-0.2, 0) is 0 Å². The maximum absolute atomic E-state index is 13.4. The van der Waals surface area contributed by atoms with Gasteiger partial charge in [0.15, 0.2) is 11.5 Å². The smallest absolute Gasteiger partial charge is 0.169 e. The third kappa shape index (κ3) is 2.58. The average molecular weight is 258 g/mol. The predicted molar refractivity (Wildman–Crippen MR) is 68.6 cm³/mol. The van der Waals surface area contributed by atoms with Gasteiger partial charge >= 0.3 is 0 Å². The molecule has 0 amide bonds. The summed E-state index contributed by atoms with van der Waals surface area (Å²) in [5, 5.41) is 8.93. The van der Waals surface area contributed by atoms with E-state index in [0.29, 0.717) is 17.2 Å². The Morgan fingerprint density at radius 3 is 2.63 bits per heavy atom. The molecule has 2 N–H and O–H groups in total. The highest BCUT2D eigenvalue weighted by molar-refractivity contribution is 5.54. The maximum atomic E-state index is 13.4. The van der Waals surface area contributed by atoms with Crippen LogP contribution in [0.15, 0.2) is 36.4 Å². The number of rotatable bonds is 3. The van der Waals surface area contributed by atoms with Crippen molar-refractivity contribution < 1.29 is 13.9 Å². The van der Waals surface area contributed by atoms with Crippen molar-refractivity contribution in [3.63, 3.8) is 0 Å². The number of anilines is 1. The van der Waals surface area contributed by atoms with Crippen molar-refractivity contribution in [3.8, 4) is 23.3 Å². The Kier molecular flexibility index (Phi) is 3.53. The standard InChI is InChI=1S/C14H11FN2O2/c1-18-14-7-9(17)5-6-13(14)19-12-4-2-3-11(15)10(12)8-16/h2-7H,17H2,1H3. The molecule has 2 aromatic carbocycles. The molecule has 19 heavy (non-hydrogen) atoms. The number of hydrogen-bond acceptors (Lipinski definition) is 4. The molecule has 0 bridgehead atoms. The maximum Gasteiger partial charge on any atom is 0.169 e. The van der Waals surface area contributed by atoms with Gasteiger partial charge in [0.05, 0.1) is 7.11 Å². The lowest BCUT2D eigenvalue weighted by atomic mass is 10.2. The molecule has 0 saturated carbocycles. The molecule has 2 rings (SSSR count). The number of halogens is 1. The number of hydrogen-bond donors (Lipinski definition) is 1. The van der Waals surface area contributed by atoms with Gasteiger partial charge in [-0.25, -0.2) is 4.39 Å². The van der Waals surface area contributed by atoms with Gasteiger partial charge in [-0.3, -0.25) is 0 Å². The van der Waals surface area contributed by atoms with Crippen LogP contribution in [0, 0.1) is 17.1 Å². The van der Waals surface area contributed by atoms with Crippen LogP contribution >= 0.6 is 0 Å². The lowest BCUT2D eigenvalue weighted by Gasteiger charge is -2.11. The summed E-state index contributed by atoms with van der Waals surface area (Å²) in [6.45, 7) is 0. The highest BCUT2D eigenvalue weighted by atomic mass is 19.1. The molecule has 96 valence electrons. The summed E-state index contributed by atoms with van der Waals surface area (Å²) in [7, 11) is 1.47. The van der Waals surface area contributed by atoms with E-state index in [1.54, 1.807) is 24.3 Å². The highest BCUT2D eigenvalue weighted by Crippen LogP contribution is 2.34. The van der Waals surface area contributed by atoms with Crippen molar-refractivity contribution in [3.05, 3.63) is 47.8 Å². The van der Waals surface area contributed by atoms with E-state index in [-0.39, 0.29) is 11.3 Å². The minimum atomic E-state index is -0.630. The molecule has 0 heterocycles. The molecular formula is C14H11FN2O2. The summed E-state index contributed by atoms with van der Waals surface area (Å²) >= 11 is 0. The molecule has 4 nitrogen and oxygen atoms in total. The SMILES string of the molecule is COc1cc(N)ccc1Oc1cccc(F)c1C#N. The second-order valence-corrected chi connectivity index (χ2v) is 3.74. The number of ether oxygens (including phenoxy) is 2. The molecule has 0 saturated heterocycles. The van der Waals surface area contributed by atoms with Crippen LogP contribution in [0.2, 0.25) is 0 Å². The zero-order valence-corrected chi connectivity index (χ0v) is 10.2. The number of methoxy groups -OCH3 is 1. The minimum absolute atomic E-state index is 0.130. The van der Waals surface area contributed by atoms with Crippen molar-refractivity contribution in [2.75, 3.05) is 12.8 Å². The molecule has 2 aromatic rings. The van der Waals surface area contributed by atoms with Gasteiger partial charge < -0.3 is 15.2 Å². The number of nitrogens with two attached hydrogens (primary N) is 1. The Morgan fingerprint density at radius 2 is 1.95 bits per heavy atom. The van der Waals surface area contributed by atoms with E-state index in [1.807, 2.05) is 0 Å². The molecule has 0 unspecified atom stereocenters. The van der Waals surface area contributed by atoms with Crippen LogP contribution in [0.25, 0.3) is 0 Å². The number of nitriles is 1. The van der Waals surface area contributed by atoms with Gasteiger partial charge in [-0.05, 0) is 24.3 Å². The number of benzene rings is 2. The van der Waals surface area contributed by atoms with Crippen LogP contribution in [0.4, 0.5) is 10.1 Å². The second-order valence-electron chi connectivity index (χ2n) is 3.74. The van der Waals surface area contributed by atoms with Crippen molar-refractivity contribution >= 4 is 5.69 Å². The highest BCUT2D eigenvalue weighted by Gasteiger charge is 2.12. The average Bonchev–Trinajstić information content (AvgIpc) is 2.41. The number of nitrogen functional groups attached to an aromatic ring is 1. The number of nitrogens with zero attached hydrogens (tertiary/aromatic N) is 1. The Morgan fingerprint density at radius 1 is 1.16 bits per heavy atom. The van der Waals surface area contributed by atoms with Gasteiger partial charge in [0.1, 0.15) is 23.2 Å². The molecule has 0 spiro atoms. The predicted octanol–water partition coefficient (Wildman–Crippen LogP) is 3.08. The Hall–Kier alpha value is -2.74. The lowest BCUT2D eigenvalue weighted by Crippen LogP contribution is -1.95. The van der Waals surface area contributed by atoms with E-state index < -0.39 is 5.82 Å². The molecule has 0 aliphatic heterocycles. The Bertz CT molecular complexity index is 650. The summed E-state index contributed by atoms with van der Waals surface area (Å²) < 4.78 is 24.1. The molecule has 0 atom stereocenters. The van der Waals surface area contributed by atoms with Gasteiger partial charge in [0.2, 0.25) is 0 Å². The van der Waals surface area contributed by atoms with E-state index in [1.165, 1.54) is 25.3 Å². The molecule has 0 fully saturated rings. The van der Waals surface area contributed by atoms with Crippen molar-refractivity contribution in [2.45, 2.75) is 0 Å². The van der Waals surface area contributed by atoms with Crippen LogP contribution in [0.3, 0.4) is 0 Å². The van der Waals surface area contributed by atoms with E-state index in [0.717, 1.165) is 0 Å². The fourth-order valence-electron chi connectivity index (χ4n) is 1.58. The molecule has 0 aromatic heterocycles. The Balaban J connectivity index is 2.42. The first-order valence-electron chi connectivity index (χ1n) is 5.45. The quantitative estimate of drug-likeness (QED) is 0.859. The molecule has 0 aliphatic rings. The van der Waals surface area contributed by atoms with E-state index in [4.69, 9.17) is 20.5 Å². The molecule has 0 radical (unpaired) electrons. The van der Waals surface area contributed by atoms with E-state index in [2.05, 4.69) is 0 Å². The van der Waals surface area contributed by atoms with Crippen LogP contribution < -0.4 is 15.2 Å². The minimum Gasteiger partial charge on any atom is -0.493 e. The summed E-state index contributed by atoms with van der Waals surface area (Å²) in [5.74, 6) is 0.270. The molecule has 5 heteroatoms. The monoisotopic (exact) mass is 258 g/mol. The lowest BCUT2D eigenvalue weighted by molar-refractivity contribution is 0.378. The fraction of sp³-hybridized carbons (Fsp3) is 0.0714. The van der Waals surface area contributed by atoms with Crippen molar-refractivity contribution in [1.29, 1.82) is 5.26 Å². The molecular weight excluding hydrogens is 247 g/mol. The first kappa shape index (κ1) is 12.7. The first-order chi connectivity index (χ1) is 9.15. The zero-order chi connectivity index (χ0) is 13.8. The largest absolute Gasteiger partial charge is 0.493 e. The zero-order valence-electron chi connectivity index (χ0n) is 10.2. The van der Waals surface area contributed by atoms with Gasteiger partial charge in [-0.1, -0.05) is 6.07 Å². The van der Waals surface area contributed by atoms with Crippen LogP contribution in [0.1, 0.15) is 5.56 Å². The Labute approximate surface area is 109 Å². The van der Waals surface area contributed by atoms with Gasteiger partial charge in [0, 0.05) is 11.8 Å². The summed E-state index contributed by atoms with van der Waals surface area (Å²) in [6, 6.07) is 10.8. The normalized spacial score (nSPS) is 9.74. The second kappa shape index (κ2) is 5.27. The van der Waals surface area contributed by atoms with Crippen molar-refractivity contribution in [1.82, 2.24) is 0 Å². The van der Waals surface area contributed by atoms with Crippen LogP contribution in [0.5, 0.6) is 17.2 Å². The van der Waals surface area contributed by atoms with E-state index in [9.17, 15) is 4.39 Å². The topological polar surface area (TPSA) is 68.3 Å². The van der Waals surface area contributed by atoms with Crippen molar-refractivity contribution in [2.24, 2.45) is 0 Å². The van der Waals surface area contributed by atoms with Gasteiger partial charge in [0.25, 0.3) is 0 Å². The molecule has 0 aliphatic carbocycles. The summed E-state index contributed by atoms with van der Waals surface area (Å²) in [4.78, 5) is 0. The third-order valence-corrected chi connectivity index (χ3v) is 2.49. The fourth-order valence-corrected chi connectivity index (χ4v) is 1.58. The van der Waals surface area contributed by atoms with E-state index >= 15 is 0 Å². The van der Waals surface area contributed by atoms with Gasteiger partial charge in [-0.15, -0.1) is 0 Å².